The van der Waals surface area contributed by atoms with Crippen LogP contribution >= 0.6 is 0 Å². The van der Waals surface area contributed by atoms with Gasteiger partial charge in [-0.15, -0.1) is 0 Å². The van der Waals surface area contributed by atoms with Gasteiger partial charge in [0.1, 0.15) is 23.0 Å². The molecule has 0 aromatic heterocycles. The maximum atomic E-state index is 13.0. The lowest BCUT2D eigenvalue weighted by molar-refractivity contribution is 0.0960. The average molecular weight is 491 g/mol. The molecule has 0 saturated carbocycles. The summed E-state index contributed by atoms with van der Waals surface area (Å²) in [5.41, 5.74) is 6.01. The van der Waals surface area contributed by atoms with Gasteiger partial charge in [-0.1, -0.05) is 41.0 Å². The van der Waals surface area contributed by atoms with Gasteiger partial charge >= 0.3 is 0 Å². The number of carbonyl (C=O) groups excluding carboxylic acids is 1. The van der Waals surface area contributed by atoms with E-state index in [1.807, 2.05) is 0 Å². The highest BCUT2D eigenvalue weighted by atomic mass is 16.3. The summed E-state index contributed by atoms with van der Waals surface area (Å²) in [4.78, 5) is 13.0. The Morgan fingerprint density at radius 3 is 2.17 bits per heavy atom. The molecule has 0 heterocycles. The number of carbonyl (C=O) groups is 1. The smallest absolute Gasteiger partial charge is 0.167 e. The van der Waals surface area contributed by atoms with Gasteiger partial charge in [0.05, 0.1) is 5.56 Å². The van der Waals surface area contributed by atoms with Crippen molar-refractivity contribution in [2.45, 2.75) is 78.6 Å². The number of allylic oxidation sites excluding steroid dienone is 6. The first-order valence-corrected chi connectivity index (χ1v) is 12.6. The molecule has 1 aliphatic carbocycles. The van der Waals surface area contributed by atoms with Crippen LogP contribution in [0.3, 0.4) is 0 Å². The molecule has 0 fully saturated rings. The minimum atomic E-state index is -0.310. The van der Waals surface area contributed by atoms with Crippen molar-refractivity contribution in [1.29, 1.82) is 0 Å². The molecule has 0 amide bonds. The molecule has 0 bridgehead atoms. The van der Waals surface area contributed by atoms with Crippen LogP contribution in [0.5, 0.6) is 23.0 Å². The van der Waals surface area contributed by atoms with Crippen LogP contribution in [0.25, 0.3) is 0 Å². The zero-order valence-corrected chi connectivity index (χ0v) is 21.8. The van der Waals surface area contributed by atoms with Gasteiger partial charge in [0.15, 0.2) is 5.78 Å². The molecule has 36 heavy (non-hydrogen) atoms. The fourth-order valence-corrected chi connectivity index (χ4v) is 4.87. The number of rotatable bonds is 9. The predicted octanol–water partition coefficient (Wildman–Crippen LogP) is 7.38. The van der Waals surface area contributed by atoms with Crippen molar-refractivity contribution in [3.8, 4) is 23.0 Å². The lowest BCUT2D eigenvalue weighted by atomic mass is 9.76. The van der Waals surface area contributed by atoms with E-state index in [4.69, 9.17) is 0 Å². The third-order valence-electron chi connectivity index (χ3n) is 6.90. The summed E-state index contributed by atoms with van der Waals surface area (Å²) in [7, 11) is 0. The zero-order chi connectivity index (χ0) is 26.4. The SMILES string of the molecule is CC(C)=CCC/C(C)=C/CC/C(C)=C/Cc1c(O)cc(O)c2c1C[C@H](c1ccc(O)cc1O)CC2=O. The molecule has 5 heteroatoms. The first-order valence-electron chi connectivity index (χ1n) is 12.6. The van der Waals surface area contributed by atoms with Crippen LogP contribution in [-0.2, 0) is 12.8 Å². The van der Waals surface area contributed by atoms with Gasteiger partial charge in [-0.3, -0.25) is 4.79 Å². The van der Waals surface area contributed by atoms with E-state index in [1.54, 1.807) is 6.07 Å². The molecule has 4 N–H and O–H groups in total. The molecule has 0 unspecified atom stereocenters. The van der Waals surface area contributed by atoms with Gasteiger partial charge in [-0.2, -0.15) is 0 Å². The fourth-order valence-electron chi connectivity index (χ4n) is 4.87. The number of hydrogen-bond acceptors (Lipinski definition) is 5. The molecule has 2 aromatic rings. The monoisotopic (exact) mass is 490 g/mol. The summed E-state index contributed by atoms with van der Waals surface area (Å²) in [6.45, 7) is 8.46. The van der Waals surface area contributed by atoms with Gasteiger partial charge < -0.3 is 20.4 Å². The Labute approximate surface area is 214 Å². The Morgan fingerprint density at radius 2 is 1.50 bits per heavy atom. The van der Waals surface area contributed by atoms with E-state index >= 15 is 0 Å². The molecule has 0 radical (unpaired) electrons. The third-order valence-corrected chi connectivity index (χ3v) is 6.90. The number of phenolic OH excluding ortho intramolecular Hbond substituents is 4. The number of Topliss-reactive ketones (excluding diaryl/α,β-unsaturated/α-hetero) is 1. The van der Waals surface area contributed by atoms with Gasteiger partial charge in [-0.05, 0) is 89.3 Å². The van der Waals surface area contributed by atoms with Gasteiger partial charge in [0, 0.05) is 24.1 Å². The molecule has 0 spiro atoms. The van der Waals surface area contributed by atoms with Crippen molar-refractivity contribution < 1.29 is 25.2 Å². The number of benzene rings is 2. The van der Waals surface area contributed by atoms with Crippen LogP contribution in [0.15, 0.2) is 59.2 Å². The standard InChI is InChI=1S/C31H38O5/c1-19(2)7-5-8-20(3)9-6-10-21(4)11-13-25-26-15-22(24-14-12-23(32)17-27(24)33)16-29(35)31(26)30(36)18-28(25)34/h7,9,11-12,14,17-18,22,32-34,36H,5-6,8,10,13,15-16H2,1-4H3/b20-9+,21-11+/t22-/m0/s1. The summed E-state index contributed by atoms with van der Waals surface area (Å²) >= 11 is 0. The van der Waals surface area contributed by atoms with Crippen molar-refractivity contribution in [3.63, 3.8) is 0 Å². The van der Waals surface area contributed by atoms with Gasteiger partial charge in [0.25, 0.3) is 0 Å². The summed E-state index contributed by atoms with van der Waals surface area (Å²) in [6.07, 6.45) is 11.6. The molecule has 3 rings (SSSR count). The quantitative estimate of drug-likeness (QED) is 0.275. The second-order valence-corrected chi connectivity index (χ2v) is 10.2. The maximum absolute atomic E-state index is 13.0. The van der Waals surface area contributed by atoms with Crippen molar-refractivity contribution in [3.05, 3.63) is 81.5 Å². The summed E-state index contributed by atoms with van der Waals surface area (Å²) in [5, 5.41) is 41.1. The van der Waals surface area contributed by atoms with Crippen molar-refractivity contribution in [2.75, 3.05) is 0 Å². The molecular weight excluding hydrogens is 452 g/mol. The van der Waals surface area contributed by atoms with Crippen molar-refractivity contribution in [1.82, 2.24) is 0 Å². The van der Waals surface area contributed by atoms with E-state index in [2.05, 4.69) is 45.9 Å². The molecule has 0 aliphatic heterocycles. The van der Waals surface area contributed by atoms with Crippen molar-refractivity contribution >= 4 is 5.78 Å². The summed E-state index contributed by atoms with van der Waals surface area (Å²) in [5.74, 6) is -0.889. The lowest BCUT2D eigenvalue weighted by Crippen LogP contribution is -2.20. The van der Waals surface area contributed by atoms with E-state index < -0.39 is 0 Å². The second kappa shape index (κ2) is 12.0. The predicted molar refractivity (Wildman–Crippen MR) is 144 cm³/mol. The van der Waals surface area contributed by atoms with E-state index in [-0.39, 0.29) is 46.7 Å². The van der Waals surface area contributed by atoms with E-state index in [0.29, 0.717) is 29.5 Å². The highest BCUT2D eigenvalue weighted by Crippen LogP contribution is 2.44. The fraction of sp³-hybridized carbons (Fsp3) is 0.387. The van der Waals surface area contributed by atoms with Crippen LogP contribution in [0.2, 0.25) is 0 Å². The van der Waals surface area contributed by atoms with Crippen LogP contribution in [-0.4, -0.2) is 26.2 Å². The number of hydrogen-bond donors (Lipinski definition) is 4. The third kappa shape index (κ3) is 6.81. The second-order valence-electron chi connectivity index (χ2n) is 10.2. The Morgan fingerprint density at radius 1 is 0.833 bits per heavy atom. The summed E-state index contributed by atoms with van der Waals surface area (Å²) < 4.78 is 0. The van der Waals surface area contributed by atoms with Crippen LogP contribution in [0.1, 0.15) is 92.8 Å². The molecular formula is C31H38O5. The number of phenols is 4. The first kappa shape index (κ1) is 27.1. The Kier molecular flexibility index (Phi) is 9.03. The first-order chi connectivity index (χ1) is 17.1. The lowest BCUT2D eigenvalue weighted by Gasteiger charge is -2.27. The molecule has 1 atom stereocenters. The largest absolute Gasteiger partial charge is 0.508 e. The molecule has 0 saturated heterocycles. The van der Waals surface area contributed by atoms with Gasteiger partial charge in [0.2, 0.25) is 0 Å². The summed E-state index contributed by atoms with van der Waals surface area (Å²) in [6, 6.07) is 5.63. The van der Waals surface area contributed by atoms with Crippen LogP contribution < -0.4 is 0 Å². The molecule has 1 aliphatic rings. The van der Waals surface area contributed by atoms with Gasteiger partial charge in [-0.25, -0.2) is 0 Å². The normalized spacial score (nSPS) is 16.1. The number of fused-ring (bicyclic) bond motifs is 1. The molecule has 2 aromatic carbocycles. The Bertz CT molecular complexity index is 1210. The highest BCUT2D eigenvalue weighted by Gasteiger charge is 2.32. The van der Waals surface area contributed by atoms with E-state index in [9.17, 15) is 25.2 Å². The minimum absolute atomic E-state index is 0.0336. The minimum Gasteiger partial charge on any atom is -0.508 e. The molecule has 192 valence electrons. The van der Waals surface area contributed by atoms with E-state index in [1.165, 1.54) is 34.9 Å². The zero-order valence-electron chi connectivity index (χ0n) is 21.8. The van der Waals surface area contributed by atoms with E-state index in [0.717, 1.165) is 25.7 Å². The maximum Gasteiger partial charge on any atom is 0.167 e. The highest BCUT2D eigenvalue weighted by molar-refractivity contribution is 6.02. The Balaban J connectivity index is 1.77. The molecule has 5 nitrogen and oxygen atoms in total. The number of aromatic hydroxyl groups is 4. The number of ketones is 1. The topological polar surface area (TPSA) is 98.0 Å². The van der Waals surface area contributed by atoms with Crippen LogP contribution in [0.4, 0.5) is 0 Å². The average Bonchev–Trinajstić information content (AvgIpc) is 2.78. The van der Waals surface area contributed by atoms with Crippen LogP contribution in [0, 0.1) is 0 Å². The van der Waals surface area contributed by atoms with Crippen molar-refractivity contribution in [2.24, 2.45) is 0 Å². The Hall–Kier alpha value is -3.47.